The molecule has 110 valence electrons. The number of benzene rings is 1. The Kier molecular flexibility index (Phi) is 5.80. The number of methoxy groups -OCH3 is 1. The van der Waals surface area contributed by atoms with Crippen molar-refractivity contribution in [2.24, 2.45) is 0 Å². The van der Waals surface area contributed by atoms with Crippen LogP contribution < -0.4 is 5.32 Å². The highest BCUT2D eigenvalue weighted by atomic mass is 19.4. The third-order valence-electron chi connectivity index (χ3n) is 2.61. The van der Waals surface area contributed by atoms with Gasteiger partial charge in [0.05, 0.1) is 29.9 Å². The fourth-order valence-corrected chi connectivity index (χ4v) is 1.65. The summed E-state index contributed by atoms with van der Waals surface area (Å²) < 4.78 is 43.3. The van der Waals surface area contributed by atoms with Crippen molar-refractivity contribution in [1.29, 1.82) is 5.26 Å². The molecule has 1 rings (SSSR count). The zero-order valence-corrected chi connectivity index (χ0v) is 10.9. The first-order chi connectivity index (χ1) is 9.38. The summed E-state index contributed by atoms with van der Waals surface area (Å²) in [7, 11) is 1.43. The third-order valence-corrected chi connectivity index (χ3v) is 2.61. The number of nitrogens with zero attached hydrogens (tertiary/aromatic N) is 1. The molecule has 0 saturated carbocycles. The molecule has 0 spiro atoms. The molecule has 0 heterocycles. The summed E-state index contributed by atoms with van der Waals surface area (Å²) in [5.74, 6) is 0. The molecule has 0 aliphatic rings. The van der Waals surface area contributed by atoms with Gasteiger partial charge in [-0.2, -0.15) is 18.4 Å². The van der Waals surface area contributed by atoms with E-state index in [0.717, 1.165) is 6.07 Å². The molecule has 0 aliphatic carbocycles. The van der Waals surface area contributed by atoms with Gasteiger partial charge in [0.2, 0.25) is 0 Å². The van der Waals surface area contributed by atoms with Crippen LogP contribution in [0.3, 0.4) is 0 Å². The summed E-state index contributed by atoms with van der Waals surface area (Å²) in [4.78, 5) is 0. The molecule has 0 aromatic heterocycles. The van der Waals surface area contributed by atoms with Crippen molar-refractivity contribution in [2.45, 2.75) is 18.7 Å². The van der Waals surface area contributed by atoms with E-state index in [0.29, 0.717) is 0 Å². The van der Waals surface area contributed by atoms with Gasteiger partial charge in [0.25, 0.3) is 0 Å². The molecular weight excluding hydrogens is 273 g/mol. The van der Waals surface area contributed by atoms with Crippen molar-refractivity contribution in [2.75, 3.05) is 25.6 Å². The predicted octanol–water partition coefficient (Wildman–Crippen LogP) is 2.39. The monoisotopic (exact) mass is 288 g/mol. The van der Waals surface area contributed by atoms with Crippen molar-refractivity contribution in [3.8, 4) is 6.07 Å². The van der Waals surface area contributed by atoms with Crippen molar-refractivity contribution in [1.82, 2.24) is 0 Å². The summed E-state index contributed by atoms with van der Waals surface area (Å²) in [5, 5.41) is 20.7. The second-order valence-corrected chi connectivity index (χ2v) is 4.19. The highest BCUT2D eigenvalue weighted by Crippen LogP contribution is 2.35. The normalized spacial score (nSPS) is 12.8. The van der Waals surface area contributed by atoms with E-state index in [2.05, 4.69) is 5.32 Å². The molecule has 1 unspecified atom stereocenters. The number of anilines is 1. The van der Waals surface area contributed by atoms with Crippen LogP contribution in [0.2, 0.25) is 0 Å². The summed E-state index contributed by atoms with van der Waals surface area (Å²) in [6.07, 6.45) is -5.02. The molecule has 0 aliphatic heterocycles. The second kappa shape index (κ2) is 7.12. The Bertz CT molecular complexity index is 483. The molecule has 2 N–H and O–H groups in total. The lowest BCUT2D eigenvalue weighted by molar-refractivity contribution is -0.137. The number of nitrogens with one attached hydrogen (secondary N) is 1. The number of hydrogen-bond acceptors (Lipinski definition) is 4. The lowest BCUT2D eigenvalue weighted by Crippen LogP contribution is -2.19. The molecule has 20 heavy (non-hydrogen) atoms. The van der Waals surface area contributed by atoms with Crippen LogP contribution in [0.5, 0.6) is 0 Å². The van der Waals surface area contributed by atoms with E-state index in [1.54, 1.807) is 6.07 Å². The average molecular weight is 288 g/mol. The Labute approximate surface area is 114 Å². The van der Waals surface area contributed by atoms with Gasteiger partial charge in [-0.3, -0.25) is 0 Å². The Hall–Kier alpha value is -1.78. The van der Waals surface area contributed by atoms with Gasteiger partial charge in [-0.25, -0.2) is 0 Å². The maximum Gasteiger partial charge on any atom is 0.418 e. The zero-order valence-electron chi connectivity index (χ0n) is 10.9. The Balaban J connectivity index is 2.77. The summed E-state index contributed by atoms with van der Waals surface area (Å²) in [6, 6.07) is 4.99. The molecule has 7 heteroatoms. The summed E-state index contributed by atoms with van der Waals surface area (Å²) in [6.45, 7) is 0.292. The maximum atomic E-state index is 12.9. The summed E-state index contributed by atoms with van der Waals surface area (Å²) >= 11 is 0. The highest BCUT2D eigenvalue weighted by molar-refractivity contribution is 5.56. The minimum absolute atomic E-state index is 0.0534. The number of nitriles is 1. The summed E-state index contributed by atoms with van der Waals surface area (Å²) in [5.41, 5.74) is -1.05. The number of halogens is 3. The van der Waals surface area contributed by atoms with E-state index in [9.17, 15) is 18.3 Å². The van der Waals surface area contributed by atoms with Crippen LogP contribution in [0.1, 0.15) is 17.5 Å². The van der Waals surface area contributed by atoms with Crippen LogP contribution in [0, 0.1) is 11.3 Å². The van der Waals surface area contributed by atoms with Crippen LogP contribution in [0.15, 0.2) is 18.2 Å². The lowest BCUT2D eigenvalue weighted by atomic mass is 10.1. The number of ether oxygens (including phenoxy) is 1. The number of aliphatic hydroxyl groups excluding tert-OH is 1. The van der Waals surface area contributed by atoms with E-state index in [1.807, 2.05) is 0 Å². The third kappa shape index (κ3) is 4.72. The Morgan fingerprint density at radius 1 is 1.45 bits per heavy atom. The van der Waals surface area contributed by atoms with Crippen molar-refractivity contribution < 1.29 is 23.0 Å². The van der Waals surface area contributed by atoms with Crippen molar-refractivity contribution in [3.63, 3.8) is 0 Å². The molecule has 1 atom stereocenters. The SMILES string of the molecule is COCC(O)CCNc1ccc(C#N)cc1C(F)(F)F. The van der Waals surface area contributed by atoms with Gasteiger partial charge in [0.15, 0.2) is 0 Å². The topological polar surface area (TPSA) is 65.3 Å². The number of rotatable bonds is 6. The fourth-order valence-electron chi connectivity index (χ4n) is 1.65. The van der Waals surface area contributed by atoms with Crippen LogP contribution in [0.25, 0.3) is 0 Å². The van der Waals surface area contributed by atoms with E-state index in [-0.39, 0.29) is 30.8 Å². The molecule has 1 aromatic carbocycles. The second-order valence-electron chi connectivity index (χ2n) is 4.19. The average Bonchev–Trinajstić information content (AvgIpc) is 2.38. The first kappa shape index (κ1) is 16.3. The maximum absolute atomic E-state index is 12.9. The highest BCUT2D eigenvalue weighted by Gasteiger charge is 2.33. The van der Waals surface area contributed by atoms with Gasteiger partial charge in [-0.05, 0) is 24.6 Å². The number of aliphatic hydroxyl groups is 1. The van der Waals surface area contributed by atoms with Gasteiger partial charge in [0.1, 0.15) is 0 Å². The van der Waals surface area contributed by atoms with Crippen LogP contribution in [-0.4, -0.2) is 31.5 Å². The number of alkyl halides is 3. The van der Waals surface area contributed by atoms with Crippen molar-refractivity contribution >= 4 is 5.69 Å². The zero-order chi connectivity index (χ0) is 15.2. The molecule has 0 saturated heterocycles. The van der Waals surface area contributed by atoms with E-state index < -0.39 is 17.8 Å². The Morgan fingerprint density at radius 3 is 2.70 bits per heavy atom. The standard InChI is InChI=1S/C13H15F3N2O2/c1-20-8-10(19)4-5-18-12-3-2-9(7-17)6-11(12)13(14,15)16/h2-3,6,10,18-19H,4-5,8H2,1H3. The van der Waals surface area contributed by atoms with Crippen LogP contribution in [-0.2, 0) is 10.9 Å². The minimum atomic E-state index is -4.54. The molecule has 0 amide bonds. The molecule has 0 radical (unpaired) electrons. The van der Waals surface area contributed by atoms with Gasteiger partial charge >= 0.3 is 6.18 Å². The van der Waals surface area contributed by atoms with Crippen molar-refractivity contribution in [3.05, 3.63) is 29.3 Å². The van der Waals surface area contributed by atoms with Gasteiger partial charge in [-0.15, -0.1) is 0 Å². The van der Waals surface area contributed by atoms with E-state index in [4.69, 9.17) is 10.00 Å². The molecule has 0 bridgehead atoms. The first-order valence-corrected chi connectivity index (χ1v) is 5.90. The van der Waals surface area contributed by atoms with Gasteiger partial charge < -0.3 is 15.2 Å². The van der Waals surface area contributed by atoms with Crippen LogP contribution >= 0.6 is 0 Å². The minimum Gasteiger partial charge on any atom is -0.391 e. The largest absolute Gasteiger partial charge is 0.418 e. The first-order valence-electron chi connectivity index (χ1n) is 5.90. The number of hydrogen-bond donors (Lipinski definition) is 2. The smallest absolute Gasteiger partial charge is 0.391 e. The van der Waals surface area contributed by atoms with E-state index >= 15 is 0 Å². The van der Waals surface area contributed by atoms with Crippen LogP contribution in [0.4, 0.5) is 18.9 Å². The molecular formula is C13H15F3N2O2. The predicted molar refractivity (Wildman–Crippen MR) is 67.1 cm³/mol. The molecule has 0 fully saturated rings. The fraction of sp³-hybridized carbons (Fsp3) is 0.462. The van der Waals surface area contributed by atoms with Gasteiger partial charge in [-0.1, -0.05) is 0 Å². The Morgan fingerprint density at radius 2 is 2.15 bits per heavy atom. The quantitative estimate of drug-likeness (QED) is 0.843. The molecule has 4 nitrogen and oxygen atoms in total. The van der Waals surface area contributed by atoms with E-state index in [1.165, 1.54) is 19.2 Å². The van der Waals surface area contributed by atoms with Gasteiger partial charge in [0, 0.05) is 19.3 Å². The molecule has 1 aromatic rings. The lowest BCUT2D eigenvalue weighted by Gasteiger charge is -2.16.